The lowest BCUT2D eigenvalue weighted by molar-refractivity contribution is 0.0940. The molecule has 1 heterocycles. The number of likely N-dealkylation sites (N-methyl/N-ethyl adjacent to an activating group) is 1. The van der Waals surface area contributed by atoms with Crippen molar-refractivity contribution >= 4 is 17.5 Å². The van der Waals surface area contributed by atoms with Crippen molar-refractivity contribution in [1.29, 1.82) is 0 Å². The molecule has 3 rings (SSSR count). The minimum atomic E-state index is -0.280. The summed E-state index contributed by atoms with van der Waals surface area (Å²) >= 11 is 0. The first kappa shape index (κ1) is 22.0. The number of carbonyl (C=O) groups is 2. The van der Waals surface area contributed by atoms with E-state index in [4.69, 9.17) is 4.74 Å². The largest absolute Gasteiger partial charge is 0.497 e. The Kier molecular flexibility index (Phi) is 7.35. The number of methoxy groups -OCH3 is 1. The van der Waals surface area contributed by atoms with Crippen LogP contribution in [0.1, 0.15) is 32.3 Å². The summed E-state index contributed by atoms with van der Waals surface area (Å²) < 4.78 is 5.22. The van der Waals surface area contributed by atoms with Gasteiger partial charge in [-0.25, -0.2) is 0 Å². The van der Waals surface area contributed by atoms with E-state index in [1.165, 1.54) is 6.20 Å². The van der Waals surface area contributed by atoms with Crippen molar-refractivity contribution in [3.8, 4) is 5.75 Å². The van der Waals surface area contributed by atoms with Crippen LogP contribution in [-0.4, -0.2) is 49.4 Å². The number of rotatable bonds is 8. The monoisotopic (exact) mass is 418 g/mol. The summed E-state index contributed by atoms with van der Waals surface area (Å²) in [5.41, 5.74) is 2.53. The summed E-state index contributed by atoms with van der Waals surface area (Å²) in [4.78, 5) is 31.1. The van der Waals surface area contributed by atoms with Crippen molar-refractivity contribution in [2.24, 2.45) is 0 Å². The van der Waals surface area contributed by atoms with Gasteiger partial charge >= 0.3 is 0 Å². The fourth-order valence-electron chi connectivity index (χ4n) is 3.15. The zero-order chi connectivity index (χ0) is 22.2. The van der Waals surface area contributed by atoms with Crippen molar-refractivity contribution in [2.45, 2.75) is 6.04 Å². The fraction of sp³-hybridized carbons (Fsp3) is 0.208. The normalized spacial score (nSPS) is 11.6. The third kappa shape index (κ3) is 5.90. The van der Waals surface area contributed by atoms with Crippen LogP contribution in [0.5, 0.6) is 5.75 Å². The minimum absolute atomic E-state index is 0.00308. The number of hydrogen-bond donors (Lipinski definition) is 2. The summed E-state index contributed by atoms with van der Waals surface area (Å²) in [5.74, 6) is 0.297. The molecular weight excluding hydrogens is 392 g/mol. The topological polar surface area (TPSA) is 83.6 Å². The second kappa shape index (κ2) is 10.4. The highest BCUT2D eigenvalue weighted by atomic mass is 16.5. The van der Waals surface area contributed by atoms with E-state index < -0.39 is 0 Å². The van der Waals surface area contributed by atoms with Gasteiger partial charge in [0.2, 0.25) is 0 Å². The molecule has 0 fully saturated rings. The van der Waals surface area contributed by atoms with Gasteiger partial charge in [-0.05, 0) is 62.1 Å². The number of ether oxygens (including phenoxy) is 1. The van der Waals surface area contributed by atoms with E-state index in [0.717, 1.165) is 11.3 Å². The van der Waals surface area contributed by atoms with E-state index in [-0.39, 0.29) is 17.9 Å². The average molecular weight is 418 g/mol. The summed E-state index contributed by atoms with van der Waals surface area (Å²) in [6.07, 6.45) is 3.10. The van der Waals surface area contributed by atoms with Gasteiger partial charge in [-0.2, -0.15) is 0 Å². The molecule has 0 aliphatic rings. The number of amides is 2. The van der Waals surface area contributed by atoms with Gasteiger partial charge in [0, 0.05) is 30.2 Å². The van der Waals surface area contributed by atoms with Crippen molar-refractivity contribution < 1.29 is 14.3 Å². The molecule has 0 bridgehead atoms. The lowest BCUT2D eigenvalue weighted by atomic mass is 10.1. The van der Waals surface area contributed by atoms with Crippen molar-refractivity contribution in [1.82, 2.24) is 15.2 Å². The molecule has 7 nitrogen and oxygen atoms in total. The van der Waals surface area contributed by atoms with Crippen LogP contribution in [-0.2, 0) is 0 Å². The molecule has 3 aromatic rings. The second-order valence-electron chi connectivity index (χ2n) is 7.24. The molecule has 0 radical (unpaired) electrons. The van der Waals surface area contributed by atoms with E-state index in [1.54, 1.807) is 49.7 Å². The average Bonchev–Trinajstić information content (AvgIpc) is 2.80. The number of hydrogen-bond acceptors (Lipinski definition) is 5. The van der Waals surface area contributed by atoms with Crippen LogP contribution in [0.3, 0.4) is 0 Å². The van der Waals surface area contributed by atoms with Crippen LogP contribution in [0.15, 0.2) is 73.1 Å². The SMILES string of the molecule is COc1ccc(C(CNC(=O)c2cccc(NC(=O)c3cccnc3)c2)N(C)C)cc1. The third-order valence-electron chi connectivity index (χ3n) is 4.89. The van der Waals surface area contributed by atoms with Crippen LogP contribution in [0.2, 0.25) is 0 Å². The lowest BCUT2D eigenvalue weighted by Gasteiger charge is -2.25. The molecule has 2 N–H and O–H groups in total. The van der Waals surface area contributed by atoms with E-state index >= 15 is 0 Å². The van der Waals surface area contributed by atoms with Crippen LogP contribution in [0.4, 0.5) is 5.69 Å². The maximum atomic E-state index is 12.7. The molecule has 31 heavy (non-hydrogen) atoms. The first-order chi connectivity index (χ1) is 15.0. The van der Waals surface area contributed by atoms with E-state index in [9.17, 15) is 9.59 Å². The maximum absolute atomic E-state index is 12.7. The number of carbonyl (C=O) groups excluding carboxylic acids is 2. The standard InChI is InChI=1S/C24H26N4O3/c1-28(2)22(17-9-11-21(31-3)12-10-17)16-26-23(29)18-6-4-8-20(14-18)27-24(30)19-7-5-13-25-15-19/h4-15,22H,16H2,1-3H3,(H,26,29)(H,27,30). The van der Waals surface area contributed by atoms with Gasteiger partial charge in [0.05, 0.1) is 18.7 Å². The molecule has 0 aliphatic carbocycles. The van der Waals surface area contributed by atoms with Gasteiger partial charge in [-0.15, -0.1) is 0 Å². The third-order valence-corrected chi connectivity index (χ3v) is 4.89. The Balaban J connectivity index is 1.65. The molecule has 2 aromatic carbocycles. The van der Waals surface area contributed by atoms with Crippen molar-refractivity contribution in [3.05, 3.63) is 89.7 Å². The zero-order valence-corrected chi connectivity index (χ0v) is 17.8. The number of pyridine rings is 1. The van der Waals surface area contributed by atoms with Gasteiger partial charge in [0.25, 0.3) is 11.8 Å². The zero-order valence-electron chi connectivity index (χ0n) is 17.8. The molecule has 1 atom stereocenters. The van der Waals surface area contributed by atoms with Gasteiger partial charge in [-0.1, -0.05) is 18.2 Å². The molecule has 7 heteroatoms. The highest BCUT2D eigenvalue weighted by Gasteiger charge is 2.16. The first-order valence-corrected chi connectivity index (χ1v) is 9.88. The van der Waals surface area contributed by atoms with Crippen LogP contribution in [0.25, 0.3) is 0 Å². The Hall–Kier alpha value is -3.71. The molecule has 0 spiro atoms. The predicted molar refractivity (Wildman–Crippen MR) is 120 cm³/mol. The highest BCUT2D eigenvalue weighted by Crippen LogP contribution is 2.21. The Bertz CT molecular complexity index is 1020. The molecule has 1 aromatic heterocycles. The number of nitrogens with zero attached hydrogens (tertiary/aromatic N) is 2. The Labute approximate surface area is 182 Å². The van der Waals surface area contributed by atoms with Crippen LogP contribution >= 0.6 is 0 Å². The summed E-state index contributed by atoms with van der Waals surface area (Å²) in [6, 6.07) is 18.0. The lowest BCUT2D eigenvalue weighted by Crippen LogP contribution is -2.34. The number of benzene rings is 2. The smallest absolute Gasteiger partial charge is 0.257 e. The minimum Gasteiger partial charge on any atom is -0.497 e. The van der Waals surface area contributed by atoms with Gasteiger partial charge in [0.1, 0.15) is 5.75 Å². The first-order valence-electron chi connectivity index (χ1n) is 9.88. The molecule has 1 unspecified atom stereocenters. The molecule has 160 valence electrons. The van der Waals surface area contributed by atoms with E-state index in [2.05, 4.69) is 15.6 Å². The Morgan fingerprint density at radius 3 is 2.39 bits per heavy atom. The van der Waals surface area contributed by atoms with Crippen molar-refractivity contribution in [3.63, 3.8) is 0 Å². The van der Waals surface area contributed by atoms with Crippen LogP contribution in [0, 0.1) is 0 Å². The fourth-order valence-corrected chi connectivity index (χ4v) is 3.15. The summed E-state index contributed by atoms with van der Waals surface area (Å²) in [5, 5.41) is 5.78. The summed E-state index contributed by atoms with van der Waals surface area (Å²) in [6.45, 7) is 0.435. The number of aromatic nitrogens is 1. The Morgan fingerprint density at radius 2 is 1.74 bits per heavy atom. The van der Waals surface area contributed by atoms with Crippen LogP contribution < -0.4 is 15.4 Å². The molecule has 2 amide bonds. The second-order valence-corrected chi connectivity index (χ2v) is 7.24. The number of nitrogens with one attached hydrogen (secondary N) is 2. The number of anilines is 1. The molecule has 0 saturated carbocycles. The van der Waals surface area contributed by atoms with Gasteiger partial charge in [0.15, 0.2) is 0 Å². The van der Waals surface area contributed by atoms with E-state index in [0.29, 0.717) is 23.4 Å². The Morgan fingerprint density at radius 1 is 1.00 bits per heavy atom. The summed E-state index contributed by atoms with van der Waals surface area (Å²) in [7, 11) is 5.57. The highest BCUT2D eigenvalue weighted by molar-refractivity contribution is 6.04. The maximum Gasteiger partial charge on any atom is 0.257 e. The predicted octanol–water partition coefficient (Wildman–Crippen LogP) is 3.38. The molecule has 0 saturated heterocycles. The quantitative estimate of drug-likeness (QED) is 0.586. The van der Waals surface area contributed by atoms with Crippen molar-refractivity contribution in [2.75, 3.05) is 33.1 Å². The molecular formula is C24H26N4O3. The van der Waals surface area contributed by atoms with Gasteiger partial charge < -0.3 is 20.3 Å². The van der Waals surface area contributed by atoms with E-state index in [1.807, 2.05) is 43.3 Å². The molecule has 0 aliphatic heterocycles. The van der Waals surface area contributed by atoms with Gasteiger partial charge in [-0.3, -0.25) is 14.6 Å².